The lowest BCUT2D eigenvalue weighted by atomic mass is 9.93. The molecule has 1 unspecified atom stereocenters. The molecule has 0 radical (unpaired) electrons. The van der Waals surface area contributed by atoms with Crippen molar-refractivity contribution in [1.29, 1.82) is 0 Å². The van der Waals surface area contributed by atoms with E-state index >= 15 is 0 Å². The summed E-state index contributed by atoms with van der Waals surface area (Å²) in [6.45, 7) is 3.37. The van der Waals surface area contributed by atoms with E-state index in [0.29, 0.717) is 56.3 Å². The molecule has 0 saturated carbocycles. The van der Waals surface area contributed by atoms with Gasteiger partial charge in [0, 0.05) is 49.1 Å². The molecule has 2 saturated heterocycles. The Bertz CT molecular complexity index is 1180. The number of fused-ring (bicyclic) bond motifs is 2. The molecule has 41 heavy (non-hydrogen) atoms. The van der Waals surface area contributed by atoms with E-state index in [4.69, 9.17) is 4.74 Å². The highest BCUT2D eigenvalue weighted by atomic mass is 32.2. The van der Waals surface area contributed by atoms with Crippen LogP contribution in [0.4, 0.5) is 24.5 Å². The predicted molar refractivity (Wildman–Crippen MR) is 146 cm³/mol. The summed E-state index contributed by atoms with van der Waals surface area (Å²) in [6.07, 6.45) is -10.5. The molecule has 5 N–H and O–H groups in total. The third-order valence-corrected chi connectivity index (χ3v) is 9.13. The minimum absolute atomic E-state index is 0.142. The average molecular weight is 600 g/mol. The number of hydrogen-bond donors (Lipinski definition) is 5. The number of benzene rings is 2. The minimum atomic E-state index is -4.47. The van der Waals surface area contributed by atoms with Crippen LogP contribution in [0.1, 0.15) is 12.0 Å². The van der Waals surface area contributed by atoms with E-state index in [-0.39, 0.29) is 6.54 Å². The summed E-state index contributed by atoms with van der Waals surface area (Å²) in [5.41, 5.74) is 0.470. The number of piperazine rings is 1. The van der Waals surface area contributed by atoms with E-state index in [1.54, 1.807) is 4.90 Å². The second kappa shape index (κ2) is 12.7. The van der Waals surface area contributed by atoms with Crippen molar-refractivity contribution in [1.82, 2.24) is 9.80 Å². The van der Waals surface area contributed by atoms with Crippen LogP contribution in [0, 0.1) is 0 Å². The van der Waals surface area contributed by atoms with Gasteiger partial charge in [0.2, 0.25) is 0 Å². The SMILES string of the molecule is OC[C@H]1O[C@H](CCN2CCN(CC(O)CN3c4ccccc4Sc4ccc(C(F)(F)F)cc43)CC2)[C@H](O)[C@@H](O)[C@@H]1O. The first-order valence-corrected chi connectivity index (χ1v) is 14.6. The fourth-order valence-corrected chi connectivity index (χ4v) is 6.77. The smallest absolute Gasteiger partial charge is 0.394 e. The fraction of sp³-hybridized carbons (Fsp3) is 0.571. The summed E-state index contributed by atoms with van der Waals surface area (Å²) in [5.74, 6) is 0. The predicted octanol–water partition coefficient (Wildman–Crippen LogP) is 1.52. The quantitative estimate of drug-likeness (QED) is 0.306. The topological polar surface area (TPSA) is 120 Å². The number of rotatable bonds is 8. The van der Waals surface area contributed by atoms with Gasteiger partial charge in [0.1, 0.15) is 24.4 Å². The maximum atomic E-state index is 13.5. The van der Waals surface area contributed by atoms with Gasteiger partial charge in [-0.25, -0.2) is 0 Å². The van der Waals surface area contributed by atoms with Crippen molar-refractivity contribution in [3.63, 3.8) is 0 Å². The number of para-hydroxylation sites is 1. The standard InChI is InChI=1S/C28H36F3N3O6S/c29-28(30,31)17-5-6-24-20(13-17)34(19-3-1-2-4-23(19)41-24)15-18(36)14-33-11-9-32(10-12-33)8-7-21-25(37)27(39)26(38)22(16-35)40-21/h1-6,13,18,21-22,25-27,35-39H,7-12,14-16H2/t18?,21-,22-,25+,26-,27-/m1/s1. The number of anilines is 2. The minimum Gasteiger partial charge on any atom is -0.394 e. The van der Waals surface area contributed by atoms with E-state index < -0.39 is 55.0 Å². The summed E-state index contributed by atoms with van der Waals surface area (Å²) in [5, 5.41) is 50.7. The zero-order valence-corrected chi connectivity index (χ0v) is 23.2. The molecular weight excluding hydrogens is 563 g/mol. The third kappa shape index (κ3) is 6.84. The summed E-state index contributed by atoms with van der Waals surface area (Å²) in [6, 6.07) is 11.2. The number of halogens is 3. The van der Waals surface area contributed by atoms with Gasteiger partial charge in [-0.05, 0) is 36.8 Å². The molecule has 0 amide bonds. The molecule has 226 valence electrons. The Kier molecular flexibility index (Phi) is 9.48. The first-order chi connectivity index (χ1) is 19.5. The number of hydrogen-bond acceptors (Lipinski definition) is 10. The van der Waals surface area contributed by atoms with Crippen molar-refractivity contribution in [2.24, 2.45) is 0 Å². The number of ether oxygens (including phenoxy) is 1. The van der Waals surface area contributed by atoms with E-state index in [1.165, 1.54) is 17.8 Å². The third-order valence-electron chi connectivity index (χ3n) is 8.00. The van der Waals surface area contributed by atoms with E-state index in [2.05, 4.69) is 9.80 Å². The van der Waals surface area contributed by atoms with E-state index in [1.807, 2.05) is 24.3 Å². The van der Waals surface area contributed by atoms with Crippen LogP contribution in [-0.4, -0.2) is 124 Å². The van der Waals surface area contributed by atoms with Crippen LogP contribution in [0.25, 0.3) is 0 Å². The van der Waals surface area contributed by atoms with Gasteiger partial charge >= 0.3 is 6.18 Å². The lowest BCUT2D eigenvalue weighted by Gasteiger charge is -2.41. The fourth-order valence-electron chi connectivity index (χ4n) is 5.69. The molecule has 0 bridgehead atoms. The molecule has 0 aromatic heterocycles. The maximum Gasteiger partial charge on any atom is 0.416 e. The Morgan fingerprint density at radius 3 is 2.22 bits per heavy atom. The van der Waals surface area contributed by atoms with Crippen molar-refractivity contribution in [2.75, 3.05) is 57.3 Å². The molecule has 2 aromatic rings. The largest absolute Gasteiger partial charge is 0.416 e. The van der Waals surface area contributed by atoms with Gasteiger partial charge in [0.25, 0.3) is 0 Å². The number of aliphatic hydroxyl groups excluding tert-OH is 5. The average Bonchev–Trinajstić information content (AvgIpc) is 2.95. The van der Waals surface area contributed by atoms with Gasteiger partial charge in [-0.2, -0.15) is 13.2 Å². The van der Waals surface area contributed by atoms with Gasteiger partial charge in [-0.15, -0.1) is 0 Å². The molecule has 3 aliphatic rings. The van der Waals surface area contributed by atoms with Crippen molar-refractivity contribution < 1.29 is 43.4 Å². The van der Waals surface area contributed by atoms with Gasteiger partial charge in [-0.1, -0.05) is 23.9 Å². The van der Waals surface area contributed by atoms with Crippen LogP contribution in [-0.2, 0) is 10.9 Å². The van der Waals surface area contributed by atoms with Gasteiger partial charge in [0.15, 0.2) is 0 Å². The highest BCUT2D eigenvalue weighted by Crippen LogP contribution is 2.49. The van der Waals surface area contributed by atoms with E-state index in [0.717, 1.165) is 22.7 Å². The van der Waals surface area contributed by atoms with Crippen LogP contribution < -0.4 is 4.90 Å². The Hall–Kier alpha value is -1.94. The first-order valence-electron chi connectivity index (χ1n) is 13.7. The second-order valence-corrected chi connectivity index (χ2v) is 11.9. The first kappa shape index (κ1) is 30.5. The highest BCUT2D eigenvalue weighted by Gasteiger charge is 2.43. The summed E-state index contributed by atoms with van der Waals surface area (Å²) < 4.78 is 46.1. The lowest BCUT2D eigenvalue weighted by molar-refractivity contribution is -0.230. The Balaban J connectivity index is 1.16. The van der Waals surface area contributed by atoms with Crippen LogP contribution in [0.3, 0.4) is 0 Å². The highest BCUT2D eigenvalue weighted by molar-refractivity contribution is 7.99. The second-order valence-electron chi connectivity index (χ2n) is 10.8. The summed E-state index contributed by atoms with van der Waals surface area (Å²) in [7, 11) is 0. The van der Waals surface area contributed by atoms with Crippen molar-refractivity contribution in [2.45, 2.75) is 59.0 Å². The van der Waals surface area contributed by atoms with Crippen LogP contribution >= 0.6 is 11.8 Å². The maximum absolute atomic E-state index is 13.5. The summed E-state index contributed by atoms with van der Waals surface area (Å²) in [4.78, 5) is 7.69. The molecule has 5 rings (SSSR count). The van der Waals surface area contributed by atoms with Gasteiger partial charge in [-0.3, -0.25) is 4.90 Å². The molecule has 2 fully saturated rings. The molecule has 9 nitrogen and oxygen atoms in total. The lowest BCUT2D eigenvalue weighted by Crippen LogP contribution is -2.59. The number of aliphatic hydroxyl groups is 5. The molecule has 2 aromatic carbocycles. The number of nitrogens with zero attached hydrogens (tertiary/aromatic N) is 3. The van der Waals surface area contributed by atoms with E-state index in [9.17, 15) is 38.7 Å². The van der Waals surface area contributed by atoms with Crippen LogP contribution in [0.2, 0.25) is 0 Å². The molecule has 0 aliphatic carbocycles. The van der Waals surface area contributed by atoms with Gasteiger partial charge < -0.3 is 40.1 Å². The van der Waals surface area contributed by atoms with Crippen LogP contribution in [0.5, 0.6) is 0 Å². The van der Waals surface area contributed by atoms with Crippen molar-refractivity contribution >= 4 is 23.1 Å². The molecule has 3 heterocycles. The van der Waals surface area contributed by atoms with Crippen molar-refractivity contribution in [3.8, 4) is 0 Å². The zero-order valence-electron chi connectivity index (χ0n) is 22.4. The molecule has 13 heteroatoms. The number of alkyl halides is 3. The van der Waals surface area contributed by atoms with Crippen LogP contribution in [0.15, 0.2) is 52.3 Å². The van der Waals surface area contributed by atoms with Gasteiger partial charge in [0.05, 0.1) is 42.3 Å². The molecule has 6 atom stereocenters. The monoisotopic (exact) mass is 599 g/mol. The van der Waals surface area contributed by atoms with Crippen molar-refractivity contribution in [3.05, 3.63) is 48.0 Å². The molecule has 0 spiro atoms. The number of β-amino-alcohol motifs (C(OH)–C–C–N with tert-alkyl or cyclic N) is 1. The normalized spacial score (nSPS) is 28.3. The Labute approximate surface area is 240 Å². The molecule has 3 aliphatic heterocycles. The zero-order chi connectivity index (χ0) is 29.3. The summed E-state index contributed by atoms with van der Waals surface area (Å²) >= 11 is 1.42. The molecular formula is C28H36F3N3O6S. The Morgan fingerprint density at radius 1 is 0.854 bits per heavy atom. The Morgan fingerprint density at radius 2 is 1.51 bits per heavy atom.